The van der Waals surface area contributed by atoms with Gasteiger partial charge in [0.1, 0.15) is 6.20 Å². The number of rotatable bonds is 4. The summed E-state index contributed by atoms with van der Waals surface area (Å²) in [6.45, 7) is 2.39. The van der Waals surface area contributed by atoms with Gasteiger partial charge in [-0.1, -0.05) is 0 Å². The monoisotopic (exact) mass is 338 g/mol. The molecule has 1 saturated heterocycles. The number of carbonyl (C=O) groups is 1. The van der Waals surface area contributed by atoms with E-state index in [0.29, 0.717) is 39.0 Å². The maximum absolute atomic E-state index is 12.0. The van der Waals surface area contributed by atoms with Crippen molar-refractivity contribution in [3.05, 3.63) is 26.8 Å². The Kier molecular flexibility index (Phi) is 4.34. The van der Waals surface area contributed by atoms with Crippen LogP contribution in [-0.2, 0) is 0 Å². The van der Waals surface area contributed by atoms with Crippen molar-refractivity contribution >= 4 is 17.6 Å². The Morgan fingerprint density at radius 3 is 2.83 bits per heavy atom. The average molecular weight is 338 g/mol. The Hall–Kier alpha value is -2.69. The first-order valence-corrected chi connectivity index (χ1v) is 7.67. The number of nitro groups is 1. The van der Waals surface area contributed by atoms with Crippen LogP contribution >= 0.6 is 0 Å². The summed E-state index contributed by atoms with van der Waals surface area (Å²) in [5, 5.41) is 25.2. The lowest BCUT2D eigenvalue weighted by molar-refractivity contribution is -0.384. The highest BCUT2D eigenvalue weighted by atomic mass is 16.6. The van der Waals surface area contributed by atoms with Crippen LogP contribution in [-0.4, -0.2) is 62.8 Å². The number of carboxylic acid groups (broad SMARTS) is 1. The fraction of sp³-hybridized carbons (Fsp3) is 0.615. The van der Waals surface area contributed by atoms with E-state index in [1.165, 1.54) is 4.57 Å². The lowest BCUT2D eigenvalue weighted by Gasteiger charge is -2.33. The van der Waals surface area contributed by atoms with Crippen LogP contribution in [0.25, 0.3) is 0 Å². The second-order valence-electron chi connectivity index (χ2n) is 5.96. The Balaban J connectivity index is 1.68. The molecule has 1 unspecified atom stereocenters. The van der Waals surface area contributed by atoms with Gasteiger partial charge in [-0.15, -0.1) is 0 Å². The smallest absolute Gasteiger partial charge is 0.404 e. The number of hydrogen-bond donors (Lipinski definition) is 3. The maximum atomic E-state index is 12.0. The van der Waals surface area contributed by atoms with E-state index >= 15 is 0 Å². The molecule has 0 aliphatic carbocycles. The molecule has 3 rings (SSSR count). The van der Waals surface area contributed by atoms with Crippen LogP contribution in [0.15, 0.2) is 11.0 Å². The third kappa shape index (κ3) is 3.15. The maximum Gasteiger partial charge on any atom is 0.404 e. The van der Waals surface area contributed by atoms with Gasteiger partial charge in [-0.25, -0.2) is 9.59 Å². The van der Waals surface area contributed by atoms with Gasteiger partial charge in [0.2, 0.25) is 0 Å². The number of likely N-dealkylation sites (tertiary alicyclic amines) is 1. The minimum atomic E-state index is -1.02. The molecular weight excluding hydrogens is 320 g/mol. The molecule has 3 N–H and O–H groups in total. The first kappa shape index (κ1) is 16.2. The lowest BCUT2D eigenvalue weighted by Crippen LogP contribution is -2.46. The Morgan fingerprint density at radius 2 is 2.21 bits per heavy atom. The van der Waals surface area contributed by atoms with Crippen LogP contribution in [0.3, 0.4) is 0 Å². The summed E-state index contributed by atoms with van der Waals surface area (Å²) in [5.74, 6) is 0.201. The second-order valence-corrected chi connectivity index (χ2v) is 5.96. The Labute approximate surface area is 136 Å². The number of amides is 1. The molecule has 1 atom stereocenters. The minimum absolute atomic E-state index is 0.0572. The van der Waals surface area contributed by atoms with Crippen molar-refractivity contribution in [1.29, 1.82) is 0 Å². The molecular formula is C13H18N6O5. The van der Waals surface area contributed by atoms with Gasteiger partial charge in [-0.3, -0.25) is 14.7 Å². The average Bonchev–Trinajstić information content (AvgIpc) is 2.93. The molecule has 0 radical (unpaired) electrons. The van der Waals surface area contributed by atoms with Gasteiger partial charge in [0.25, 0.3) is 0 Å². The fourth-order valence-corrected chi connectivity index (χ4v) is 3.29. The van der Waals surface area contributed by atoms with Crippen LogP contribution in [0.2, 0.25) is 0 Å². The fourth-order valence-electron chi connectivity index (χ4n) is 3.29. The van der Waals surface area contributed by atoms with Crippen LogP contribution < -0.4 is 16.3 Å². The highest BCUT2D eigenvalue weighted by Gasteiger charge is 2.32. The van der Waals surface area contributed by atoms with E-state index in [9.17, 15) is 19.7 Å². The lowest BCUT2D eigenvalue weighted by atomic mass is 10.0. The normalized spacial score (nSPS) is 21.1. The highest BCUT2D eigenvalue weighted by Crippen LogP contribution is 2.29. The van der Waals surface area contributed by atoms with Gasteiger partial charge >= 0.3 is 17.5 Å². The quantitative estimate of drug-likeness (QED) is 0.508. The van der Waals surface area contributed by atoms with Crippen LogP contribution in [0.1, 0.15) is 18.9 Å². The summed E-state index contributed by atoms with van der Waals surface area (Å²) in [6, 6.07) is -0.290. The topological polar surface area (TPSA) is 143 Å². The summed E-state index contributed by atoms with van der Waals surface area (Å²) in [4.78, 5) is 38.9. The summed E-state index contributed by atoms with van der Waals surface area (Å²) in [5.41, 5.74) is -0.713. The van der Waals surface area contributed by atoms with E-state index in [0.717, 1.165) is 6.20 Å². The molecule has 24 heavy (non-hydrogen) atoms. The number of nitrogens with zero attached hydrogens (tertiary/aromatic N) is 4. The van der Waals surface area contributed by atoms with E-state index in [2.05, 4.69) is 20.5 Å². The molecule has 0 aromatic carbocycles. The van der Waals surface area contributed by atoms with Crippen LogP contribution in [0, 0.1) is 10.1 Å². The Morgan fingerprint density at radius 1 is 1.50 bits per heavy atom. The van der Waals surface area contributed by atoms with Gasteiger partial charge in [-0.2, -0.15) is 4.98 Å². The van der Waals surface area contributed by atoms with E-state index in [1.54, 1.807) is 0 Å². The Bertz CT molecular complexity index is 711. The van der Waals surface area contributed by atoms with Crippen LogP contribution in [0.4, 0.5) is 16.3 Å². The predicted molar refractivity (Wildman–Crippen MR) is 83.3 cm³/mol. The molecule has 1 fully saturated rings. The first-order chi connectivity index (χ1) is 11.5. The van der Waals surface area contributed by atoms with Crippen molar-refractivity contribution in [1.82, 2.24) is 19.8 Å². The van der Waals surface area contributed by atoms with E-state index < -0.39 is 16.7 Å². The number of nitrogens with one attached hydrogen (secondary N) is 2. The number of anilines is 1. The molecule has 1 amide bonds. The van der Waals surface area contributed by atoms with Crippen molar-refractivity contribution in [3.8, 4) is 0 Å². The largest absolute Gasteiger partial charge is 0.465 e. The van der Waals surface area contributed by atoms with Gasteiger partial charge in [0.05, 0.1) is 11.0 Å². The van der Waals surface area contributed by atoms with E-state index in [4.69, 9.17) is 5.11 Å². The first-order valence-electron chi connectivity index (χ1n) is 7.67. The summed E-state index contributed by atoms with van der Waals surface area (Å²) < 4.78 is 1.35. The SMILES string of the molecule is O=C(O)NC1CCN(CC2CNc3c([N+](=O)[O-])cnc(=O)n32)CC1. The number of aromatic nitrogens is 2. The van der Waals surface area contributed by atoms with Crippen molar-refractivity contribution in [2.75, 3.05) is 31.5 Å². The van der Waals surface area contributed by atoms with Gasteiger partial charge in [-0.05, 0) is 12.8 Å². The minimum Gasteiger partial charge on any atom is -0.465 e. The third-order valence-corrected chi connectivity index (χ3v) is 4.44. The second kappa shape index (κ2) is 6.43. The standard InChI is InChI=1S/C13H18N6O5/c20-12-15-6-10(19(23)24)11-14-5-9(18(11)12)7-17-3-1-8(2-4-17)16-13(21)22/h6,8-9,14,16H,1-5,7H2,(H,21,22). The predicted octanol–water partition coefficient (Wildman–Crippen LogP) is -0.150. The van der Waals surface area contributed by atoms with Crippen molar-refractivity contribution < 1.29 is 14.8 Å². The number of fused-ring (bicyclic) bond motifs is 1. The van der Waals surface area contributed by atoms with E-state index in [-0.39, 0.29) is 23.6 Å². The zero-order chi connectivity index (χ0) is 17.3. The van der Waals surface area contributed by atoms with Gasteiger partial charge in [0.15, 0.2) is 5.82 Å². The molecule has 2 aliphatic rings. The summed E-state index contributed by atoms with van der Waals surface area (Å²) >= 11 is 0. The molecule has 0 saturated carbocycles. The highest BCUT2D eigenvalue weighted by molar-refractivity contribution is 5.64. The number of piperidine rings is 1. The molecule has 130 valence electrons. The van der Waals surface area contributed by atoms with Crippen molar-refractivity contribution in [2.24, 2.45) is 0 Å². The zero-order valence-electron chi connectivity index (χ0n) is 12.8. The molecule has 1 aromatic heterocycles. The zero-order valence-corrected chi connectivity index (χ0v) is 12.8. The number of hydrogen-bond acceptors (Lipinski definition) is 7. The summed E-state index contributed by atoms with van der Waals surface area (Å²) in [7, 11) is 0. The molecule has 11 nitrogen and oxygen atoms in total. The molecule has 1 aromatic rings. The van der Waals surface area contributed by atoms with Gasteiger partial charge in [0, 0.05) is 32.2 Å². The molecule has 0 bridgehead atoms. The van der Waals surface area contributed by atoms with Crippen LogP contribution in [0.5, 0.6) is 0 Å². The molecule has 11 heteroatoms. The third-order valence-electron chi connectivity index (χ3n) is 4.44. The molecule has 3 heterocycles. The van der Waals surface area contributed by atoms with Crippen molar-refractivity contribution in [3.63, 3.8) is 0 Å². The van der Waals surface area contributed by atoms with E-state index in [1.807, 2.05) is 0 Å². The van der Waals surface area contributed by atoms with Gasteiger partial charge < -0.3 is 20.6 Å². The summed E-state index contributed by atoms with van der Waals surface area (Å²) in [6.07, 6.45) is 1.35. The molecule has 0 spiro atoms. The molecule has 2 aliphatic heterocycles. The van der Waals surface area contributed by atoms with Crippen molar-refractivity contribution in [2.45, 2.75) is 24.9 Å².